The number of thiophene rings is 1. The van der Waals surface area contributed by atoms with Crippen molar-refractivity contribution >= 4 is 34.0 Å². The SMILES string of the molecule is COc1ccc2[nH]c(=O)c(CN(Cc3cccs3)C(=O)Nc3ccccc3OC)cc2c1. The fourth-order valence-corrected chi connectivity index (χ4v) is 4.13. The Labute approximate surface area is 189 Å². The number of anilines is 1. The van der Waals surface area contributed by atoms with Crippen molar-refractivity contribution in [3.05, 3.63) is 86.8 Å². The summed E-state index contributed by atoms with van der Waals surface area (Å²) in [6.45, 7) is 0.510. The van der Waals surface area contributed by atoms with Crippen molar-refractivity contribution in [2.45, 2.75) is 13.1 Å². The first-order valence-electron chi connectivity index (χ1n) is 9.98. The van der Waals surface area contributed by atoms with Crippen LogP contribution in [0.1, 0.15) is 10.4 Å². The molecule has 2 aromatic carbocycles. The van der Waals surface area contributed by atoms with Crippen LogP contribution in [0.4, 0.5) is 10.5 Å². The molecule has 2 N–H and O–H groups in total. The van der Waals surface area contributed by atoms with Crippen molar-refractivity contribution in [3.8, 4) is 11.5 Å². The van der Waals surface area contributed by atoms with E-state index in [1.165, 1.54) is 0 Å². The van der Waals surface area contributed by atoms with Gasteiger partial charge in [-0.1, -0.05) is 18.2 Å². The van der Waals surface area contributed by atoms with Crippen molar-refractivity contribution in [2.75, 3.05) is 19.5 Å². The van der Waals surface area contributed by atoms with Crippen LogP contribution in [0, 0.1) is 0 Å². The molecule has 4 rings (SSSR count). The number of fused-ring (bicyclic) bond motifs is 1. The third-order valence-electron chi connectivity index (χ3n) is 5.05. The number of amides is 2. The number of nitrogens with one attached hydrogen (secondary N) is 2. The van der Waals surface area contributed by atoms with Gasteiger partial charge in [-0.3, -0.25) is 4.79 Å². The van der Waals surface area contributed by atoms with Crippen molar-refractivity contribution in [3.63, 3.8) is 0 Å². The Balaban J connectivity index is 1.65. The van der Waals surface area contributed by atoms with Crippen LogP contribution in [0.15, 0.2) is 70.8 Å². The van der Waals surface area contributed by atoms with Crippen LogP contribution in [-0.4, -0.2) is 30.1 Å². The first-order valence-corrected chi connectivity index (χ1v) is 10.9. The van der Waals surface area contributed by atoms with Crippen LogP contribution in [0.25, 0.3) is 10.9 Å². The molecule has 0 bridgehead atoms. The predicted octanol–water partition coefficient (Wildman–Crippen LogP) is 4.84. The van der Waals surface area contributed by atoms with Crippen LogP contribution < -0.4 is 20.3 Å². The summed E-state index contributed by atoms with van der Waals surface area (Å²) in [6, 6.07) is 18.0. The van der Waals surface area contributed by atoms with Crippen molar-refractivity contribution in [1.29, 1.82) is 0 Å². The second kappa shape index (κ2) is 9.57. The van der Waals surface area contributed by atoms with Gasteiger partial charge >= 0.3 is 6.03 Å². The molecule has 0 aliphatic heterocycles. The Morgan fingerprint density at radius 3 is 2.62 bits per heavy atom. The monoisotopic (exact) mass is 449 g/mol. The van der Waals surface area contributed by atoms with Crippen LogP contribution in [0.5, 0.6) is 11.5 Å². The van der Waals surface area contributed by atoms with Gasteiger partial charge in [-0.25, -0.2) is 4.79 Å². The van der Waals surface area contributed by atoms with Crippen molar-refractivity contribution in [2.24, 2.45) is 0 Å². The van der Waals surface area contributed by atoms with E-state index in [0.29, 0.717) is 34.8 Å². The Hall–Kier alpha value is -3.78. The molecule has 0 radical (unpaired) electrons. The van der Waals surface area contributed by atoms with Crippen molar-refractivity contribution < 1.29 is 14.3 Å². The number of ether oxygens (including phenoxy) is 2. The third kappa shape index (κ3) is 4.76. The lowest BCUT2D eigenvalue weighted by molar-refractivity contribution is 0.206. The first kappa shape index (κ1) is 21.5. The van der Waals surface area contributed by atoms with E-state index in [1.807, 2.05) is 35.7 Å². The average molecular weight is 450 g/mol. The number of H-pyrrole nitrogens is 1. The molecule has 4 aromatic rings. The molecule has 2 amide bonds. The van der Waals surface area contributed by atoms with Crippen LogP contribution in [-0.2, 0) is 13.1 Å². The molecule has 0 saturated heterocycles. The summed E-state index contributed by atoms with van der Waals surface area (Å²) in [6.07, 6.45) is 0. The van der Waals surface area contributed by atoms with E-state index in [2.05, 4.69) is 10.3 Å². The van der Waals surface area contributed by atoms with Gasteiger partial charge in [0.05, 0.1) is 33.0 Å². The quantitative estimate of drug-likeness (QED) is 0.423. The van der Waals surface area contributed by atoms with E-state index in [4.69, 9.17) is 9.47 Å². The summed E-state index contributed by atoms with van der Waals surface area (Å²) < 4.78 is 10.6. The summed E-state index contributed by atoms with van der Waals surface area (Å²) in [5, 5.41) is 5.70. The molecule has 7 nitrogen and oxygen atoms in total. The number of pyridine rings is 1. The van der Waals surface area contributed by atoms with Crippen LogP contribution >= 0.6 is 11.3 Å². The van der Waals surface area contributed by atoms with Gasteiger partial charge in [0.1, 0.15) is 11.5 Å². The number of rotatable bonds is 7. The van der Waals surface area contributed by atoms with Gasteiger partial charge in [0, 0.05) is 21.3 Å². The number of aromatic nitrogens is 1. The minimum Gasteiger partial charge on any atom is -0.497 e. The third-order valence-corrected chi connectivity index (χ3v) is 5.91. The fourth-order valence-electron chi connectivity index (χ4n) is 3.41. The highest BCUT2D eigenvalue weighted by molar-refractivity contribution is 7.09. The van der Waals surface area contributed by atoms with Gasteiger partial charge in [0.15, 0.2) is 0 Å². The number of carbonyl (C=O) groups is 1. The predicted molar refractivity (Wildman–Crippen MR) is 127 cm³/mol. The minimum absolute atomic E-state index is 0.140. The lowest BCUT2D eigenvalue weighted by Gasteiger charge is -2.23. The van der Waals surface area contributed by atoms with E-state index in [-0.39, 0.29) is 18.1 Å². The van der Waals surface area contributed by atoms with E-state index in [0.717, 1.165) is 10.3 Å². The first-order chi connectivity index (χ1) is 15.6. The lowest BCUT2D eigenvalue weighted by Crippen LogP contribution is -2.35. The maximum absolute atomic E-state index is 13.2. The van der Waals surface area contributed by atoms with Gasteiger partial charge in [-0.05, 0) is 47.8 Å². The van der Waals surface area contributed by atoms with Crippen LogP contribution in [0.3, 0.4) is 0 Å². The number of nitrogens with zero attached hydrogens (tertiary/aromatic N) is 1. The Morgan fingerprint density at radius 1 is 1.03 bits per heavy atom. The van der Waals surface area contributed by atoms with Gasteiger partial charge in [-0.15, -0.1) is 11.3 Å². The molecule has 0 fully saturated rings. The van der Waals surface area contributed by atoms with E-state index in [9.17, 15) is 9.59 Å². The Bertz CT molecular complexity index is 1280. The molecule has 0 aliphatic carbocycles. The summed E-state index contributed by atoms with van der Waals surface area (Å²) in [7, 11) is 3.15. The number of methoxy groups -OCH3 is 2. The molecule has 8 heteroatoms. The maximum Gasteiger partial charge on any atom is 0.322 e. The Kier molecular flexibility index (Phi) is 6.42. The molecule has 32 heavy (non-hydrogen) atoms. The molecule has 164 valence electrons. The molecular weight excluding hydrogens is 426 g/mol. The second-order valence-corrected chi connectivity index (χ2v) is 8.17. The number of urea groups is 1. The summed E-state index contributed by atoms with van der Waals surface area (Å²) >= 11 is 1.56. The molecule has 0 unspecified atom stereocenters. The summed E-state index contributed by atoms with van der Waals surface area (Å²) in [5.74, 6) is 1.26. The van der Waals surface area contributed by atoms with Gasteiger partial charge in [0.25, 0.3) is 5.56 Å². The highest BCUT2D eigenvalue weighted by Crippen LogP contribution is 2.25. The molecule has 0 atom stereocenters. The number of carbonyl (C=O) groups excluding carboxylic acids is 1. The molecular formula is C24H23N3O4S. The number of hydrogen-bond acceptors (Lipinski definition) is 5. The number of aromatic amines is 1. The van der Waals surface area contributed by atoms with Gasteiger partial charge in [0.2, 0.25) is 0 Å². The van der Waals surface area contributed by atoms with E-state index < -0.39 is 0 Å². The zero-order valence-corrected chi connectivity index (χ0v) is 18.6. The van der Waals surface area contributed by atoms with E-state index in [1.54, 1.807) is 60.8 Å². The molecule has 2 aromatic heterocycles. The van der Waals surface area contributed by atoms with Gasteiger partial charge < -0.3 is 24.7 Å². The van der Waals surface area contributed by atoms with Crippen LogP contribution in [0.2, 0.25) is 0 Å². The largest absolute Gasteiger partial charge is 0.497 e. The normalized spacial score (nSPS) is 10.7. The molecule has 2 heterocycles. The standard InChI is InChI=1S/C24H23N3O4S/c1-30-18-9-10-20-16(13-18)12-17(23(28)25-20)14-27(15-19-6-5-11-32-19)24(29)26-21-7-3-4-8-22(21)31-2/h3-13H,14-15H2,1-2H3,(H,25,28)(H,26,29). The highest BCUT2D eigenvalue weighted by Gasteiger charge is 2.19. The molecule has 0 saturated carbocycles. The number of benzene rings is 2. The average Bonchev–Trinajstić information content (AvgIpc) is 3.32. The summed E-state index contributed by atoms with van der Waals surface area (Å²) in [4.78, 5) is 31.5. The number of para-hydroxylation sites is 2. The second-order valence-electron chi connectivity index (χ2n) is 7.14. The lowest BCUT2D eigenvalue weighted by atomic mass is 10.1. The maximum atomic E-state index is 13.2. The number of hydrogen-bond donors (Lipinski definition) is 2. The Morgan fingerprint density at radius 2 is 1.88 bits per heavy atom. The summed E-state index contributed by atoms with van der Waals surface area (Å²) in [5.41, 5.74) is 1.53. The topological polar surface area (TPSA) is 83.7 Å². The molecule has 0 spiro atoms. The van der Waals surface area contributed by atoms with Crippen molar-refractivity contribution in [1.82, 2.24) is 9.88 Å². The highest BCUT2D eigenvalue weighted by atomic mass is 32.1. The van der Waals surface area contributed by atoms with Gasteiger partial charge in [-0.2, -0.15) is 0 Å². The van der Waals surface area contributed by atoms with E-state index >= 15 is 0 Å². The molecule has 0 aliphatic rings. The zero-order valence-electron chi connectivity index (χ0n) is 17.8. The fraction of sp³-hybridized carbons (Fsp3) is 0.167. The smallest absolute Gasteiger partial charge is 0.322 e. The minimum atomic E-state index is -0.326. The zero-order chi connectivity index (χ0) is 22.5.